The molecule has 2 N–H and O–H groups in total. The highest BCUT2D eigenvalue weighted by Gasteiger charge is 2.36. The molecule has 0 radical (unpaired) electrons. The molecule has 2 heterocycles. The number of aromatic nitrogens is 4. The fraction of sp³-hybridized carbons (Fsp3) is 0.0909. The summed E-state index contributed by atoms with van der Waals surface area (Å²) in [7, 11) is 0. The molecular weight excluding hydrogens is 266 g/mol. The summed E-state index contributed by atoms with van der Waals surface area (Å²) in [6, 6.07) is 3.80. The van der Waals surface area contributed by atoms with Crippen molar-refractivity contribution in [1.29, 1.82) is 0 Å². The number of hydrogen-bond acceptors (Lipinski definition) is 6. The second kappa shape index (κ2) is 4.23. The Bertz CT molecular complexity index is 724. The number of imide groups is 1. The van der Waals surface area contributed by atoms with Crippen LogP contribution in [0.1, 0.15) is 36.9 Å². The van der Waals surface area contributed by atoms with E-state index in [9.17, 15) is 14.4 Å². The zero-order valence-corrected chi connectivity index (χ0v) is 9.90. The third-order valence-electron chi connectivity index (χ3n) is 2.91. The van der Waals surface area contributed by atoms with Crippen molar-refractivity contribution < 1.29 is 19.5 Å². The van der Waals surface area contributed by atoms with Crippen LogP contribution in [0.3, 0.4) is 0 Å². The lowest BCUT2D eigenvalue weighted by Crippen LogP contribution is -2.29. The number of fused-ring (bicyclic) bond motifs is 1. The van der Waals surface area contributed by atoms with Crippen molar-refractivity contribution in [2.45, 2.75) is 6.54 Å². The Kier molecular flexibility index (Phi) is 2.53. The third kappa shape index (κ3) is 1.72. The number of H-pyrrole nitrogens is 1. The molecule has 1 aliphatic rings. The van der Waals surface area contributed by atoms with Crippen molar-refractivity contribution in [3.05, 3.63) is 40.7 Å². The number of carbonyl (C=O) groups excluding carboxylic acids is 2. The van der Waals surface area contributed by atoms with Gasteiger partial charge in [-0.25, -0.2) is 4.79 Å². The number of carboxylic acid groups (broad SMARTS) is 1. The first-order valence-electron chi connectivity index (χ1n) is 5.54. The number of nitrogens with zero attached hydrogens (tertiary/aromatic N) is 4. The number of aromatic amines is 1. The Hall–Kier alpha value is -3.10. The number of rotatable bonds is 3. The molecule has 0 fully saturated rings. The van der Waals surface area contributed by atoms with E-state index in [4.69, 9.17) is 5.11 Å². The van der Waals surface area contributed by atoms with Crippen molar-refractivity contribution in [2.24, 2.45) is 0 Å². The van der Waals surface area contributed by atoms with E-state index in [-0.39, 0.29) is 29.1 Å². The molecule has 20 heavy (non-hydrogen) atoms. The average molecular weight is 273 g/mol. The van der Waals surface area contributed by atoms with Gasteiger partial charge in [0.05, 0.1) is 23.2 Å². The highest BCUT2D eigenvalue weighted by atomic mass is 16.4. The van der Waals surface area contributed by atoms with E-state index < -0.39 is 17.8 Å². The SMILES string of the molecule is O=C(O)c1ccc2c(c1)C(=O)N(Cc1nn[nH]n1)C2=O. The molecule has 0 saturated carbocycles. The van der Waals surface area contributed by atoms with Crippen LogP contribution in [-0.4, -0.2) is 48.4 Å². The number of amides is 2. The predicted octanol–water partition coefficient (Wildman–Crippen LogP) is -0.306. The van der Waals surface area contributed by atoms with E-state index in [0.717, 1.165) is 4.90 Å². The molecule has 0 saturated heterocycles. The van der Waals surface area contributed by atoms with Gasteiger partial charge < -0.3 is 5.11 Å². The first-order chi connectivity index (χ1) is 9.58. The Morgan fingerprint density at radius 2 is 2.00 bits per heavy atom. The molecule has 9 nitrogen and oxygen atoms in total. The minimum absolute atomic E-state index is 0.0497. The molecule has 2 aromatic rings. The average Bonchev–Trinajstić information content (AvgIpc) is 3.02. The van der Waals surface area contributed by atoms with E-state index in [2.05, 4.69) is 20.6 Å². The van der Waals surface area contributed by atoms with Gasteiger partial charge in [0.2, 0.25) is 0 Å². The van der Waals surface area contributed by atoms with Crippen LogP contribution in [0.25, 0.3) is 0 Å². The van der Waals surface area contributed by atoms with Gasteiger partial charge in [-0.1, -0.05) is 5.21 Å². The van der Waals surface area contributed by atoms with E-state index in [1.807, 2.05) is 0 Å². The van der Waals surface area contributed by atoms with Gasteiger partial charge >= 0.3 is 5.97 Å². The van der Waals surface area contributed by atoms with Crippen LogP contribution in [0, 0.1) is 0 Å². The summed E-state index contributed by atoms with van der Waals surface area (Å²) in [6.07, 6.45) is 0. The number of benzene rings is 1. The highest BCUT2D eigenvalue weighted by molar-refractivity contribution is 6.21. The van der Waals surface area contributed by atoms with Crippen LogP contribution in [0.15, 0.2) is 18.2 Å². The summed E-state index contributed by atoms with van der Waals surface area (Å²) in [5, 5.41) is 21.8. The summed E-state index contributed by atoms with van der Waals surface area (Å²) in [5.74, 6) is -2.05. The van der Waals surface area contributed by atoms with Gasteiger partial charge in [-0.2, -0.15) is 5.21 Å². The normalized spacial score (nSPS) is 13.7. The lowest BCUT2D eigenvalue weighted by Gasteiger charge is -2.10. The fourth-order valence-electron chi connectivity index (χ4n) is 1.96. The molecule has 0 unspecified atom stereocenters. The summed E-state index contributed by atoms with van der Waals surface area (Å²) in [4.78, 5) is 36.1. The quantitative estimate of drug-likeness (QED) is 0.734. The van der Waals surface area contributed by atoms with E-state index >= 15 is 0 Å². The minimum Gasteiger partial charge on any atom is -0.478 e. The molecular formula is C11H7N5O4. The molecule has 3 rings (SSSR count). The summed E-state index contributed by atoms with van der Waals surface area (Å²) in [6.45, 7) is -0.120. The number of tetrazole rings is 1. The minimum atomic E-state index is -1.16. The van der Waals surface area contributed by atoms with E-state index in [0.29, 0.717) is 0 Å². The Labute approximate surface area is 111 Å². The van der Waals surface area contributed by atoms with Crippen LogP contribution in [0.5, 0.6) is 0 Å². The highest BCUT2D eigenvalue weighted by Crippen LogP contribution is 2.24. The Balaban J connectivity index is 1.97. The van der Waals surface area contributed by atoms with Gasteiger partial charge in [-0.3, -0.25) is 14.5 Å². The van der Waals surface area contributed by atoms with Gasteiger partial charge in [-0.05, 0) is 18.2 Å². The number of nitrogens with one attached hydrogen (secondary N) is 1. The van der Waals surface area contributed by atoms with Gasteiger partial charge in [0, 0.05) is 0 Å². The standard InChI is InChI=1S/C11H7N5O4/c17-9-6-2-1-5(11(19)20)3-7(6)10(18)16(9)4-8-12-14-15-13-8/h1-3H,4H2,(H,19,20)(H,12,13,14,15). The third-order valence-corrected chi connectivity index (χ3v) is 2.91. The summed E-state index contributed by atoms with van der Waals surface area (Å²) < 4.78 is 0. The van der Waals surface area contributed by atoms with Crippen molar-refractivity contribution in [3.63, 3.8) is 0 Å². The molecule has 0 spiro atoms. The first-order valence-corrected chi connectivity index (χ1v) is 5.54. The Morgan fingerprint density at radius 1 is 1.25 bits per heavy atom. The molecule has 0 aliphatic carbocycles. The lowest BCUT2D eigenvalue weighted by molar-refractivity contribution is 0.0637. The van der Waals surface area contributed by atoms with Crippen LogP contribution in [-0.2, 0) is 6.54 Å². The maximum atomic E-state index is 12.1. The van der Waals surface area contributed by atoms with E-state index in [1.165, 1.54) is 18.2 Å². The van der Waals surface area contributed by atoms with Crippen LogP contribution >= 0.6 is 0 Å². The van der Waals surface area contributed by atoms with Gasteiger partial charge in [0.25, 0.3) is 11.8 Å². The van der Waals surface area contributed by atoms with Crippen LogP contribution < -0.4 is 0 Å². The van der Waals surface area contributed by atoms with Crippen molar-refractivity contribution in [3.8, 4) is 0 Å². The maximum absolute atomic E-state index is 12.1. The molecule has 0 atom stereocenters. The summed E-state index contributed by atoms with van der Waals surface area (Å²) >= 11 is 0. The number of carbonyl (C=O) groups is 3. The largest absolute Gasteiger partial charge is 0.478 e. The fourth-order valence-corrected chi connectivity index (χ4v) is 1.96. The topological polar surface area (TPSA) is 129 Å². The molecule has 1 aromatic heterocycles. The van der Waals surface area contributed by atoms with Crippen LogP contribution in [0.4, 0.5) is 0 Å². The van der Waals surface area contributed by atoms with Crippen molar-refractivity contribution >= 4 is 17.8 Å². The second-order valence-corrected chi connectivity index (χ2v) is 4.09. The number of aromatic carboxylic acids is 1. The molecule has 1 aliphatic heterocycles. The second-order valence-electron chi connectivity index (χ2n) is 4.09. The molecule has 0 bridgehead atoms. The van der Waals surface area contributed by atoms with Crippen LogP contribution in [0.2, 0.25) is 0 Å². The van der Waals surface area contributed by atoms with Crippen molar-refractivity contribution in [1.82, 2.24) is 25.5 Å². The van der Waals surface area contributed by atoms with Gasteiger partial charge in [0.1, 0.15) is 0 Å². The number of carboxylic acids is 1. The zero-order valence-electron chi connectivity index (χ0n) is 9.90. The zero-order chi connectivity index (χ0) is 14.3. The lowest BCUT2D eigenvalue weighted by atomic mass is 10.1. The molecule has 2 amide bonds. The monoisotopic (exact) mass is 273 g/mol. The maximum Gasteiger partial charge on any atom is 0.335 e. The Morgan fingerprint density at radius 3 is 2.65 bits per heavy atom. The van der Waals surface area contributed by atoms with Crippen molar-refractivity contribution in [2.75, 3.05) is 0 Å². The van der Waals surface area contributed by atoms with Gasteiger partial charge in [-0.15, -0.1) is 10.2 Å². The summed E-state index contributed by atoms with van der Waals surface area (Å²) in [5.41, 5.74) is 0.188. The van der Waals surface area contributed by atoms with Gasteiger partial charge in [0.15, 0.2) is 5.82 Å². The molecule has 9 heteroatoms. The number of hydrogen-bond donors (Lipinski definition) is 2. The van der Waals surface area contributed by atoms with E-state index in [1.54, 1.807) is 0 Å². The predicted molar refractivity (Wildman–Crippen MR) is 61.8 cm³/mol. The molecule has 100 valence electrons. The first kappa shape index (κ1) is 12.0. The molecule has 1 aromatic carbocycles. The smallest absolute Gasteiger partial charge is 0.335 e.